The van der Waals surface area contributed by atoms with E-state index in [1.165, 1.54) is 12.1 Å². The van der Waals surface area contributed by atoms with Gasteiger partial charge in [0.25, 0.3) is 0 Å². The zero-order chi connectivity index (χ0) is 13.1. The van der Waals surface area contributed by atoms with Gasteiger partial charge in [-0.05, 0) is 42.0 Å². The number of hydrogen-bond donors (Lipinski definition) is 1. The minimum absolute atomic E-state index is 0.342. The lowest BCUT2D eigenvalue weighted by Gasteiger charge is -2.09. The van der Waals surface area contributed by atoms with Crippen LogP contribution in [0.15, 0.2) is 36.4 Å². The van der Waals surface area contributed by atoms with Crippen LogP contribution in [-0.4, -0.2) is 0 Å². The van der Waals surface area contributed by atoms with Crippen molar-refractivity contribution in [3.8, 4) is 0 Å². The van der Waals surface area contributed by atoms with Crippen molar-refractivity contribution in [3.05, 3.63) is 62.8 Å². The topological polar surface area (TPSA) is 12.0 Å². The van der Waals surface area contributed by atoms with Crippen molar-refractivity contribution in [3.63, 3.8) is 0 Å². The number of benzene rings is 2. The Hall–Kier alpha value is -0.960. The summed E-state index contributed by atoms with van der Waals surface area (Å²) in [5.41, 5.74) is 1.43. The highest BCUT2D eigenvalue weighted by Gasteiger charge is 2.03. The monoisotopic (exact) mass is 303 g/mol. The second-order valence-electron chi connectivity index (χ2n) is 3.75. The SMILES string of the molecule is Fc1cc(Cl)cc(NCc2cc(Cl)ccc2Cl)c1. The van der Waals surface area contributed by atoms with Crippen LogP contribution in [0.5, 0.6) is 0 Å². The quantitative estimate of drug-likeness (QED) is 0.800. The molecule has 2 rings (SSSR count). The molecule has 0 heterocycles. The van der Waals surface area contributed by atoms with Gasteiger partial charge in [-0.3, -0.25) is 0 Å². The third-order valence-electron chi connectivity index (χ3n) is 2.35. The van der Waals surface area contributed by atoms with Crippen LogP contribution < -0.4 is 5.32 Å². The third kappa shape index (κ3) is 3.52. The minimum atomic E-state index is -0.387. The lowest BCUT2D eigenvalue weighted by atomic mass is 10.2. The fraction of sp³-hybridized carbons (Fsp3) is 0.0769. The molecule has 0 unspecified atom stereocenters. The number of anilines is 1. The predicted molar refractivity (Wildman–Crippen MR) is 75.2 cm³/mol. The van der Waals surface area contributed by atoms with Crippen molar-refractivity contribution in [2.45, 2.75) is 6.54 Å². The molecule has 0 aliphatic rings. The molecule has 0 aromatic heterocycles. The Bertz CT molecular complexity index is 552. The Morgan fingerprint density at radius 1 is 0.944 bits per heavy atom. The molecule has 1 nitrogen and oxygen atoms in total. The van der Waals surface area contributed by atoms with Gasteiger partial charge in [-0.1, -0.05) is 34.8 Å². The van der Waals surface area contributed by atoms with Crippen LogP contribution >= 0.6 is 34.8 Å². The minimum Gasteiger partial charge on any atom is -0.381 e. The molecule has 1 N–H and O–H groups in total. The van der Waals surface area contributed by atoms with E-state index >= 15 is 0 Å². The fourth-order valence-corrected chi connectivity index (χ4v) is 2.13. The van der Waals surface area contributed by atoms with E-state index in [4.69, 9.17) is 34.8 Å². The van der Waals surface area contributed by atoms with Crippen LogP contribution in [0.4, 0.5) is 10.1 Å². The molecule has 0 spiro atoms. The molecule has 0 radical (unpaired) electrons. The third-order valence-corrected chi connectivity index (χ3v) is 3.18. The largest absolute Gasteiger partial charge is 0.381 e. The molecular formula is C13H9Cl3FN. The summed E-state index contributed by atoms with van der Waals surface area (Å²) in [6.45, 7) is 0.444. The standard InChI is InChI=1S/C13H9Cl3FN/c14-9-1-2-13(16)8(3-9)7-18-12-5-10(15)4-11(17)6-12/h1-6,18H,7H2. The van der Waals surface area contributed by atoms with Gasteiger partial charge in [0.1, 0.15) is 5.82 Å². The van der Waals surface area contributed by atoms with Gasteiger partial charge < -0.3 is 5.32 Å². The lowest BCUT2D eigenvalue weighted by Crippen LogP contribution is -2.00. The Balaban J connectivity index is 2.13. The van der Waals surface area contributed by atoms with E-state index in [0.717, 1.165) is 5.56 Å². The first-order chi connectivity index (χ1) is 8.54. The molecule has 0 saturated carbocycles. The van der Waals surface area contributed by atoms with E-state index in [2.05, 4.69) is 5.32 Å². The van der Waals surface area contributed by atoms with E-state index in [-0.39, 0.29) is 5.82 Å². The van der Waals surface area contributed by atoms with Crippen molar-refractivity contribution < 1.29 is 4.39 Å². The molecule has 0 bridgehead atoms. The van der Waals surface area contributed by atoms with E-state index in [9.17, 15) is 4.39 Å². The second kappa shape index (κ2) is 5.79. The van der Waals surface area contributed by atoms with Crippen molar-refractivity contribution in [1.29, 1.82) is 0 Å². The molecule has 18 heavy (non-hydrogen) atoms. The first-order valence-corrected chi connectivity index (χ1v) is 6.32. The first kappa shape index (κ1) is 13.5. The maximum absolute atomic E-state index is 13.1. The Kier molecular flexibility index (Phi) is 4.33. The van der Waals surface area contributed by atoms with Crippen molar-refractivity contribution in [2.75, 3.05) is 5.32 Å². The number of hydrogen-bond acceptors (Lipinski definition) is 1. The normalized spacial score (nSPS) is 10.4. The van der Waals surface area contributed by atoms with E-state index in [1.54, 1.807) is 24.3 Å². The summed E-state index contributed by atoms with van der Waals surface area (Å²) in [6, 6.07) is 9.45. The number of halogens is 4. The lowest BCUT2D eigenvalue weighted by molar-refractivity contribution is 0.628. The Labute approximate surface area is 119 Å². The highest BCUT2D eigenvalue weighted by Crippen LogP contribution is 2.23. The summed E-state index contributed by atoms with van der Waals surface area (Å²) >= 11 is 17.7. The summed E-state index contributed by atoms with van der Waals surface area (Å²) in [5.74, 6) is -0.387. The molecule has 0 fully saturated rings. The van der Waals surface area contributed by atoms with Crippen LogP contribution in [0.1, 0.15) is 5.56 Å². The summed E-state index contributed by atoms with van der Waals surface area (Å²) < 4.78 is 13.1. The second-order valence-corrected chi connectivity index (χ2v) is 5.03. The van der Waals surface area contributed by atoms with Crippen LogP contribution in [0.2, 0.25) is 15.1 Å². The Morgan fingerprint density at radius 2 is 1.72 bits per heavy atom. The molecule has 0 atom stereocenters. The summed E-state index contributed by atoms with van der Waals surface area (Å²) in [5, 5.41) is 4.60. The maximum Gasteiger partial charge on any atom is 0.126 e. The molecule has 0 aliphatic heterocycles. The van der Waals surface area contributed by atoms with Gasteiger partial charge in [0, 0.05) is 27.3 Å². The van der Waals surface area contributed by atoms with Gasteiger partial charge in [0.05, 0.1) is 0 Å². The van der Waals surface area contributed by atoms with Crippen molar-refractivity contribution >= 4 is 40.5 Å². The average Bonchev–Trinajstić information content (AvgIpc) is 2.29. The van der Waals surface area contributed by atoms with Gasteiger partial charge in [-0.2, -0.15) is 0 Å². The number of rotatable bonds is 3. The van der Waals surface area contributed by atoms with Crippen LogP contribution in [0.25, 0.3) is 0 Å². The predicted octanol–water partition coefficient (Wildman–Crippen LogP) is 5.40. The molecule has 2 aromatic rings. The molecule has 2 aromatic carbocycles. The van der Waals surface area contributed by atoms with Crippen molar-refractivity contribution in [1.82, 2.24) is 0 Å². The molecule has 94 valence electrons. The van der Waals surface area contributed by atoms with Crippen molar-refractivity contribution in [2.24, 2.45) is 0 Å². The van der Waals surface area contributed by atoms with Crippen LogP contribution in [0.3, 0.4) is 0 Å². The molecule has 5 heteroatoms. The number of nitrogens with one attached hydrogen (secondary N) is 1. The summed E-state index contributed by atoms with van der Waals surface area (Å²) in [4.78, 5) is 0. The van der Waals surface area contributed by atoms with E-state index < -0.39 is 0 Å². The van der Waals surface area contributed by atoms with Crippen LogP contribution in [-0.2, 0) is 6.54 Å². The first-order valence-electron chi connectivity index (χ1n) is 5.18. The molecule has 0 aliphatic carbocycles. The van der Waals surface area contributed by atoms with Gasteiger partial charge in [0.2, 0.25) is 0 Å². The van der Waals surface area contributed by atoms with Crippen LogP contribution in [0, 0.1) is 5.82 Å². The van der Waals surface area contributed by atoms with Gasteiger partial charge >= 0.3 is 0 Å². The summed E-state index contributed by atoms with van der Waals surface area (Å²) in [6.07, 6.45) is 0. The van der Waals surface area contributed by atoms with Gasteiger partial charge in [-0.25, -0.2) is 4.39 Å². The highest BCUT2D eigenvalue weighted by molar-refractivity contribution is 6.33. The fourth-order valence-electron chi connectivity index (χ4n) is 1.53. The zero-order valence-electron chi connectivity index (χ0n) is 9.18. The van der Waals surface area contributed by atoms with E-state index in [1.807, 2.05) is 0 Å². The van der Waals surface area contributed by atoms with E-state index in [0.29, 0.717) is 27.3 Å². The molecular weight excluding hydrogens is 296 g/mol. The average molecular weight is 305 g/mol. The highest BCUT2D eigenvalue weighted by atomic mass is 35.5. The zero-order valence-corrected chi connectivity index (χ0v) is 11.5. The summed E-state index contributed by atoms with van der Waals surface area (Å²) in [7, 11) is 0. The maximum atomic E-state index is 13.1. The Morgan fingerprint density at radius 3 is 2.44 bits per heavy atom. The molecule has 0 amide bonds. The van der Waals surface area contributed by atoms with Gasteiger partial charge in [-0.15, -0.1) is 0 Å². The smallest absolute Gasteiger partial charge is 0.126 e. The molecule has 0 saturated heterocycles. The van der Waals surface area contributed by atoms with Gasteiger partial charge in [0.15, 0.2) is 0 Å².